The van der Waals surface area contributed by atoms with E-state index in [1.807, 2.05) is 49.4 Å². The largest absolute Gasteiger partial charge is 0.392 e. The second kappa shape index (κ2) is 15.6. The summed E-state index contributed by atoms with van der Waals surface area (Å²) in [6, 6.07) is 39.7. The Morgan fingerprint density at radius 2 is 1.56 bits per heavy atom. The standard InChI is InChI=1S/C41H45N3O4/c1-4-42-41(46)43-25-30-9-7-12-34(21-30)36-13-8-14-37(23-36)40-47-38(24-39(48-40)32-17-15-29(27-45)16-18-32)26-44(3)28(2)33-20-19-31-10-5-6-11-35(31)22-33/h5-23,28,38-40,45H,4,24-27H2,1-3H3,(H2,42,43,46)/t28-,38+,39-,40-/m1/s1. The number of carbonyl (C=O) groups excluding carboxylic acids is 1. The number of hydrogen-bond acceptors (Lipinski definition) is 5. The van der Waals surface area contributed by atoms with Gasteiger partial charge >= 0.3 is 6.03 Å². The highest BCUT2D eigenvalue weighted by Crippen LogP contribution is 2.39. The minimum Gasteiger partial charge on any atom is -0.392 e. The quantitative estimate of drug-likeness (QED) is 0.136. The third-order valence-corrected chi connectivity index (χ3v) is 9.23. The van der Waals surface area contributed by atoms with Gasteiger partial charge in [0.1, 0.15) is 0 Å². The Kier molecular flexibility index (Phi) is 10.8. The van der Waals surface area contributed by atoms with Gasteiger partial charge < -0.3 is 25.2 Å². The van der Waals surface area contributed by atoms with Crippen LogP contribution in [0.25, 0.3) is 21.9 Å². The normalized spacial score (nSPS) is 18.5. The van der Waals surface area contributed by atoms with Gasteiger partial charge in [0.05, 0.1) is 18.8 Å². The van der Waals surface area contributed by atoms with Crippen LogP contribution in [0.2, 0.25) is 0 Å². The maximum Gasteiger partial charge on any atom is 0.315 e. The smallest absolute Gasteiger partial charge is 0.315 e. The van der Waals surface area contributed by atoms with Crippen LogP contribution in [0.5, 0.6) is 0 Å². The molecule has 7 heteroatoms. The summed E-state index contributed by atoms with van der Waals surface area (Å²) in [7, 11) is 2.16. The maximum absolute atomic E-state index is 11.9. The molecule has 3 N–H and O–H groups in total. The van der Waals surface area contributed by atoms with E-state index in [0.29, 0.717) is 19.5 Å². The molecule has 5 aromatic carbocycles. The number of likely N-dealkylation sites (N-methyl/N-ethyl adjacent to an activating group) is 1. The second-order valence-corrected chi connectivity index (χ2v) is 12.6. The molecule has 0 bridgehead atoms. The molecule has 1 saturated heterocycles. The van der Waals surface area contributed by atoms with Crippen LogP contribution >= 0.6 is 0 Å². The molecule has 1 aliphatic heterocycles. The van der Waals surface area contributed by atoms with Crippen molar-refractivity contribution in [3.63, 3.8) is 0 Å². The molecule has 1 fully saturated rings. The molecule has 6 rings (SSSR count). The summed E-state index contributed by atoms with van der Waals surface area (Å²) in [4.78, 5) is 14.3. The molecule has 0 unspecified atom stereocenters. The van der Waals surface area contributed by atoms with E-state index in [0.717, 1.165) is 39.9 Å². The molecule has 48 heavy (non-hydrogen) atoms. The molecular formula is C41H45N3O4. The first-order valence-corrected chi connectivity index (χ1v) is 16.8. The molecule has 5 aromatic rings. The summed E-state index contributed by atoms with van der Waals surface area (Å²) < 4.78 is 13.4. The minimum atomic E-state index is -0.557. The first kappa shape index (κ1) is 33.4. The molecule has 0 saturated carbocycles. The number of nitrogens with zero attached hydrogens (tertiary/aromatic N) is 1. The Morgan fingerprint density at radius 1 is 0.812 bits per heavy atom. The zero-order valence-electron chi connectivity index (χ0n) is 27.9. The van der Waals surface area contributed by atoms with Crippen molar-refractivity contribution in [1.29, 1.82) is 0 Å². The Labute approximate surface area is 283 Å². The minimum absolute atomic E-state index is 0.00755. The lowest BCUT2D eigenvalue weighted by molar-refractivity contribution is -0.253. The molecule has 0 spiro atoms. The van der Waals surface area contributed by atoms with Crippen LogP contribution in [0.4, 0.5) is 4.79 Å². The number of rotatable bonds is 11. The topological polar surface area (TPSA) is 83.1 Å². The number of aliphatic hydroxyl groups is 1. The van der Waals surface area contributed by atoms with Crippen LogP contribution in [0.15, 0.2) is 115 Å². The monoisotopic (exact) mass is 643 g/mol. The van der Waals surface area contributed by atoms with E-state index in [2.05, 4.69) is 102 Å². The number of amides is 2. The Bertz CT molecular complexity index is 1820. The van der Waals surface area contributed by atoms with E-state index >= 15 is 0 Å². The van der Waals surface area contributed by atoms with Crippen molar-refractivity contribution in [2.45, 2.75) is 58.0 Å². The van der Waals surface area contributed by atoms with Gasteiger partial charge in [0.2, 0.25) is 0 Å². The molecule has 1 aliphatic rings. The SMILES string of the molecule is CCNC(=O)NCc1cccc(-c2cccc([C@@H]3O[C@H](CN(C)[C@H](C)c4ccc5ccccc5c4)C[C@H](c4ccc(CO)cc4)O3)c2)c1. The highest BCUT2D eigenvalue weighted by atomic mass is 16.7. The number of fused-ring (bicyclic) bond motifs is 1. The van der Waals surface area contributed by atoms with Gasteiger partial charge in [-0.2, -0.15) is 0 Å². The predicted octanol–water partition coefficient (Wildman–Crippen LogP) is 8.06. The third-order valence-electron chi connectivity index (χ3n) is 9.23. The van der Waals surface area contributed by atoms with Crippen molar-refractivity contribution >= 4 is 16.8 Å². The van der Waals surface area contributed by atoms with Gasteiger partial charge in [-0.3, -0.25) is 4.90 Å². The number of hydrogen-bond donors (Lipinski definition) is 3. The van der Waals surface area contributed by atoms with Gasteiger partial charge in [0, 0.05) is 37.7 Å². The van der Waals surface area contributed by atoms with Crippen molar-refractivity contribution in [2.24, 2.45) is 0 Å². The van der Waals surface area contributed by atoms with E-state index in [1.54, 1.807) is 0 Å². The fourth-order valence-electron chi connectivity index (χ4n) is 6.37. The Hall–Kier alpha value is -4.53. The molecule has 7 nitrogen and oxygen atoms in total. The summed E-state index contributed by atoms with van der Waals surface area (Å²) in [6.45, 7) is 5.91. The van der Waals surface area contributed by atoms with E-state index in [-0.39, 0.29) is 30.9 Å². The van der Waals surface area contributed by atoms with Gasteiger partial charge in [-0.25, -0.2) is 4.79 Å². The number of urea groups is 1. The van der Waals surface area contributed by atoms with Crippen molar-refractivity contribution in [1.82, 2.24) is 15.5 Å². The molecule has 248 valence electrons. The number of benzene rings is 5. The number of ether oxygens (including phenoxy) is 2. The third kappa shape index (κ3) is 8.12. The van der Waals surface area contributed by atoms with Gasteiger partial charge in [0.15, 0.2) is 6.29 Å². The Morgan fingerprint density at radius 3 is 2.33 bits per heavy atom. The lowest BCUT2D eigenvalue weighted by atomic mass is 9.97. The second-order valence-electron chi connectivity index (χ2n) is 12.6. The number of carbonyl (C=O) groups is 1. The lowest BCUT2D eigenvalue weighted by Gasteiger charge is -2.39. The van der Waals surface area contributed by atoms with Crippen molar-refractivity contribution in [3.8, 4) is 11.1 Å². The first-order chi connectivity index (χ1) is 23.4. The maximum atomic E-state index is 11.9. The highest BCUT2D eigenvalue weighted by molar-refractivity contribution is 5.83. The first-order valence-electron chi connectivity index (χ1n) is 16.8. The average Bonchev–Trinajstić information content (AvgIpc) is 3.13. The average molecular weight is 644 g/mol. The zero-order chi connectivity index (χ0) is 33.5. The van der Waals surface area contributed by atoms with Crippen LogP contribution in [0.1, 0.15) is 66.5 Å². The van der Waals surface area contributed by atoms with E-state index in [9.17, 15) is 9.90 Å². The van der Waals surface area contributed by atoms with Crippen LogP contribution in [-0.4, -0.2) is 42.3 Å². The molecule has 0 radical (unpaired) electrons. The van der Waals surface area contributed by atoms with Crippen molar-refractivity contribution < 1.29 is 19.4 Å². The lowest BCUT2D eigenvalue weighted by Crippen LogP contribution is -2.38. The zero-order valence-corrected chi connectivity index (χ0v) is 27.9. The van der Waals surface area contributed by atoms with Gasteiger partial charge in [0.25, 0.3) is 0 Å². The van der Waals surface area contributed by atoms with Crippen molar-refractivity contribution in [2.75, 3.05) is 20.1 Å². The van der Waals surface area contributed by atoms with Crippen LogP contribution in [0.3, 0.4) is 0 Å². The summed E-state index contributed by atoms with van der Waals surface area (Å²) >= 11 is 0. The summed E-state index contributed by atoms with van der Waals surface area (Å²) in [5, 5.41) is 17.8. The van der Waals surface area contributed by atoms with Crippen LogP contribution in [0, 0.1) is 0 Å². The van der Waals surface area contributed by atoms with Gasteiger partial charge in [-0.15, -0.1) is 0 Å². The van der Waals surface area contributed by atoms with Crippen LogP contribution < -0.4 is 10.6 Å². The molecule has 2 amide bonds. The molecule has 0 aromatic heterocycles. The molecule has 1 heterocycles. The van der Waals surface area contributed by atoms with Crippen LogP contribution in [-0.2, 0) is 22.6 Å². The van der Waals surface area contributed by atoms with Gasteiger partial charge in [-0.05, 0) is 83.2 Å². The fourth-order valence-corrected chi connectivity index (χ4v) is 6.37. The predicted molar refractivity (Wildman–Crippen MR) is 191 cm³/mol. The Balaban J connectivity index is 1.22. The van der Waals surface area contributed by atoms with E-state index < -0.39 is 6.29 Å². The number of nitrogens with one attached hydrogen (secondary N) is 2. The van der Waals surface area contributed by atoms with Crippen molar-refractivity contribution in [3.05, 3.63) is 143 Å². The van der Waals surface area contributed by atoms with E-state index in [4.69, 9.17) is 9.47 Å². The highest BCUT2D eigenvalue weighted by Gasteiger charge is 2.33. The fraction of sp³-hybridized carbons (Fsp3) is 0.293. The molecular weight excluding hydrogens is 598 g/mol. The summed E-state index contributed by atoms with van der Waals surface area (Å²) in [5.74, 6) is 0. The van der Waals surface area contributed by atoms with Gasteiger partial charge in [-0.1, -0.05) is 97.1 Å². The molecule has 4 atom stereocenters. The molecule has 0 aliphatic carbocycles. The summed E-state index contributed by atoms with van der Waals surface area (Å²) in [6.07, 6.45) is -0.0905. The number of aliphatic hydroxyl groups excluding tert-OH is 1. The summed E-state index contributed by atoms with van der Waals surface area (Å²) in [5.41, 5.74) is 7.28. The van der Waals surface area contributed by atoms with E-state index in [1.165, 1.54) is 16.3 Å².